The lowest BCUT2D eigenvalue weighted by molar-refractivity contribution is 0.187. The van der Waals surface area contributed by atoms with Crippen LogP contribution in [0, 0.1) is 6.92 Å². The highest BCUT2D eigenvalue weighted by molar-refractivity contribution is 5.85. The van der Waals surface area contributed by atoms with Gasteiger partial charge in [0.1, 0.15) is 0 Å². The lowest BCUT2D eigenvalue weighted by Gasteiger charge is -2.04. The molecule has 1 aromatic rings. The minimum atomic E-state index is -0.480. The highest BCUT2D eigenvalue weighted by atomic mass is 35.5. The van der Waals surface area contributed by atoms with Crippen molar-refractivity contribution in [1.82, 2.24) is 4.98 Å². The number of ether oxygens (including phenoxy) is 1. The molecule has 0 bridgehead atoms. The number of amides is 1. The Morgan fingerprint density at radius 2 is 2.31 bits per heavy atom. The number of halogens is 1. The fourth-order valence-electron chi connectivity index (χ4n) is 0.756. The lowest BCUT2D eigenvalue weighted by atomic mass is 10.2. The SMILES string of the molecule is COC(=O)Nc1cnccc1C.Cl. The first-order chi connectivity index (χ1) is 5.74. The van der Waals surface area contributed by atoms with Crippen LogP contribution in [-0.2, 0) is 4.74 Å². The normalized spacial score (nSPS) is 8.46. The monoisotopic (exact) mass is 202 g/mol. The van der Waals surface area contributed by atoms with E-state index in [1.165, 1.54) is 7.11 Å². The van der Waals surface area contributed by atoms with Gasteiger partial charge in [0.15, 0.2) is 0 Å². The zero-order chi connectivity index (χ0) is 8.97. The average Bonchev–Trinajstić information content (AvgIpc) is 2.09. The van der Waals surface area contributed by atoms with Crippen molar-refractivity contribution >= 4 is 24.2 Å². The summed E-state index contributed by atoms with van der Waals surface area (Å²) < 4.78 is 4.43. The Morgan fingerprint density at radius 3 is 2.85 bits per heavy atom. The van der Waals surface area contributed by atoms with Crippen LogP contribution in [0.2, 0.25) is 0 Å². The van der Waals surface area contributed by atoms with Gasteiger partial charge in [-0.1, -0.05) is 0 Å². The largest absolute Gasteiger partial charge is 0.453 e. The van der Waals surface area contributed by atoms with Crippen molar-refractivity contribution < 1.29 is 9.53 Å². The van der Waals surface area contributed by atoms with E-state index in [0.717, 1.165) is 5.56 Å². The minimum Gasteiger partial charge on any atom is -0.453 e. The van der Waals surface area contributed by atoms with Crippen LogP contribution in [0.4, 0.5) is 10.5 Å². The predicted octanol–water partition coefficient (Wildman–Crippen LogP) is 1.99. The van der Waals surface area contributed by atoms with Crippen LogP contribution in [0.5, 0.6) is 0 Å². The number of carbonyl (C=O) groups is 1. The van der Waals surface area contributed by atoms with Crippen molar-refractivity contribution in [2.24, 2.45) is 0 Å². The van der Waals surface area contributed by atoms with Gasteiger partial charge >= 0.3 is 6.09 Å². The molecule has 0 atom stereocenters. The number of carbonyl (C=O) groups excluding carboxylic acids is 1. The van der Waals surface area contributed by atoms with Gasteiger partial charge in [0.25, 0.3) is 0 Å². The van der Waals surface area contributed by atoms with Crippen molar-refractivity contribution in [1.29, 1.82) is 0 Å². The Bertz CT molecular complexity index is 291. The van der Waals surface area contributed by atoms with Crippen LogP contribution >= 0.6 is 12.4 Å². The Labute approximate surface area is 82.7 Å². The van der Waals surface area contributed by atoms with Gasteiger partial charge in [-0.15, -0.1) is 12.4 Å². The molecule has 1 N–H and O–H groups in total. The Hall–Kier alpha value is -1.29. The molecule has 1 rings (SSSR count). The lowest BCUT2D eigenvalue weighted by Crippen LogP contribution is -2.11. The molecule has 0 saturated heterocycles. The molecule has 0 saturated carbocycles. The van der Waals surface area contributed by atoms with Crippen LogP contribution in [0.15, 0.2) is 18.5 Å². The molecule has 72 valence electrons. The number of nitrogens with zero attached hydrogens (tertiary/aromatic N) is 1. The van der Waals surface area contributed by atoms with Gasteiger partial charge in [-0.05, 0) is 18.6 Å². The maximum Gasteiger partial charge on any atom is 0.411 e. The summed E-state index contributed by atoms with van der Waals surface area (Å²) in [4.78, 5) is 14.6. The summed E-state index contributed by atoms with van der Waals surface area (Å²) in [5.74, 6) is 0. The maximum absolute atomic E-state index is 10.8. The summed E-state index contributed by atoms with van der Waals surface area (Å²) in [5, 5.41) is 2.54. The predicted molar refractivity (Wildman–Crippen MR) is 52.2 cm³/mol. The molecule has 0 spiro atoms. The average molecular weight is 203 g/mol. The first-order valence-corrected chi connectivity index (χ1v) is 3.49. The van der Waals surface area contributed by atoms with Crippen molar-refractivity contribution in [2.45, 2.75) is 6.92 Å². The number of nitrogens with one attached hydrogen (secondary N) is 1. The van der Waals surface area contributed by atoms with Crippen molar-refractivity contribution in [2.75, 3.05) is 12.4 Å². The molecule has 5 heteroatoms. The highest BCUT2D eigenvalue weighted by Gasteiger charge is 2.01. The van der Waals surface area contributed by atoms with Gasteiger partial charge in [-0.3, -0.25) is 10.3 Å². The van der Waals surface area contributed by atoms with Crippen LogP contribution in [-0.4, -0.2) is 18.2 Å². The molecule has 0 aliphatic rings. The molecule has 13 heavy (non-hydrogen) atoms. The van der Waals surface area contributed by atoms with Crippen molar-refractivity contribution in [3.63, 3.8) is 0 Å². The first-order valence-electron chi connectivity index (χ1n) is 3.49. The van der Waals surface area contributed by atoms with E-state index in [1.807, 2.05) is 13.0 Å². The van der Waals surface area contributed by atoms with Crippen molar-refractivity contribution in [3.05, 3.63) is 24.0 Å². The number of methoxy groups -OCH3 is 1. The van der Waals surface area contributed by atoms with Gasteiger partial charge < -0.3 is 4.74 Å². The van der Waals surface area contributed by atoms with E-state index in [1.54, 1.807) is 12.4 Å². The molecule has 1 heterocycles. The Kier molecular flexibility index (Phi) is 4.84. The quantitative estimate of drug-likeness (QED) is 0.758. The number of aryl methyl sites for hydroxylation is 1. The molecule has 4 nitrogen and oxygen atoms in total. The minimum absolute atomic E-state index is 0. The third-order valence-corrected chi connectivity index (χ3v) is 1.46. The maximum atomic E-state index is 10.8. The van der Waals surface area contributed by atoms with Gasteiger partial charge in [-0.2, -0.15) is 0 Å². The summed E-state index contributed by atoms with van der Waals surface area (Å²) >= 11 is 0. The van der Waals surface area contributed by atoms with Gasteiger partial charge in [0.2, 0.25) is 0 Å². The summed E-state index contributed by atoms with van der Waals surface area (Å²) in [6.07, 6.45) is 2.76. The van der Waals surface area contributed by atoms with Crippen molar-refractivity contribution in [3.8, 4) is 0 Å². The molecular formula is C8H11ClN2O2. The molecule has 0 fully saturated rings. The summed E-state index contributed by atoms with van der Waals surface area (Å²) in [6, 6.07) is 1.81. The molecule has 1 aromatic heterocycles. The highest BCUT2D eigenvalue weighted by Crippen LogP contribution is 2.10. The number of rotatable bonds is 1. The third-order valence-electron chi connectivity index (χ3n) is 1.46. The molecule has 0 unspecified atom stereocenters. The van der Waals surface area contributed by atoms with E-state index in [2.05, 4.69) is 15.0 Å². The second kappa shape index (κ2) is 5.37. The standard InChI is InChI=1S/C8H10N2O2.ClH/c1-6-3-4-9-5-7(6)10-8(11)12-2;/h3-5H,1-2H3,(H,10,11);1H. The fourth-order valence-corrected chi connectivity index (χ4v) is 0.756. The van der Waals surface area contributed by atoms with E-state index in [0.29, 0.717) is 5.69 Å². The second-order valence-electron chi connectivity index (χ2n) is 2.31. The number of anilines is 1. The summed E-state index contributed by atoms with van der Waals surface area (Å²) in [7, 11) is 1.32. The zero-order valence-corrected chi connectivity index (χ0v) is 8.22. The number of hydrogen-bond donors (Lipinski definition) is 1. The smallest absolute Gasteiger partial charge is 0.411 e. The molecule has 0 aromatic carbocycles. The first kappa shape index (κ1) is 11.7. The number of hydrogen-bond acceptors (Lipinski definition) is 3. The van der Waals surface area contributed by atoms with E-state index in [4.69, 9.17) is 0 Å². The third kappa shape index (κ3) is 3.29. The molecular weight excluding hydrogens is 192 g/mol. The van der Waals surface area contributed by atoms with Crippen LogP contribution in [0.3, 0.4) is 0 Å². The van der Waals surface area contributed by atoms with Gasteiger partial charge in [0, 0.05) is 6.20 Å². The topological polar surface area (TPSA) is 51.2 Å². The number of aromatic nitrogens is 1. The van der Waals surface area contributed by atoms with E-state index in [-0.39, 0.29) is 12.4 Å². The van der Waals surface area contributed by atoms with E-state index >= 15 is 0 Å². The summed E-state index contributed by atoms with van der Waals surface area (Å²) in [6.45, 7) is 1.88. The van der Waals surface area contributed by atoms with Gasteiger partial charge in [-0.25, -0.2) is 4.79 Å². The van der Waals surface area contributed by atoms with Gasteiger partial charge in [0.05, 0.1) is 19.0 Å². The molecule has 0 aliphatic heterocycles. The fraction of sp³-hybridized carbons (Fsp3) is 0.250. The van der Waals surface area contributed by atoms with E-state index in [9.17, 15) is 4.79 Å². The zero-order valence-electron chi connectivity index (χ0n) is 7.40. The Morgan fingerprint density at radius 1 is 1.62 bits per heavy atom. The number of pyridine rings is 1. The van der Waals surface area contributed by atoms with Crippen LogP contribution < -0.4 is 5.32 Å². The second-order valence-corrected chi connectivity index (χ2v) is 2.31. The van der Waals surface area contributed by atoms with Crippen LogP contribution in [0.1, 0.15) is 5.56 Å². The molecule has 1 amide bonds. The van der Waals surface area contributed by atoms with E-state index < -0.39 is 6.09 Å². The van der Waals surface area contributed by atoms with Crippen LogP contribution in [0.25, 0.3) is 0 Å². The molecule has 0 radical (unpaired) electrons. The summed E-state index contributed by atoms with van der Waals surface area (Å²) in [5.41, 5.74) is 1.62. The molecule has 0 aliphatic carbocycles. The Balaban J connectivity index is 0.00000144.